The summed E-state index contributed by atoms with van der Waals surface area (Å²) >= 11 is 0. The first-order valence-electron chi connectivity index (χ1n) is 2.99. The largest absolute Gasteiger partial charge is 0.333 e. The highest BCUT2D eigenvalue weighted by Gasteiger charge is 2.23. The van der Waals surface area contributed by atoms with Crippen LogP contribution in [0.25, 0.3) is 0 Å². The van der Waals surface area contributed by atoms with Gasteiger partial charge < -0.3 is 10.7 Å². The number of aliphatic imine (C=N–C) groups is 2. The first kappa shape index (κ1) is 5.34. The Labute approximate surface area is 57.9 Å². The van der Waals surface area contributed by atoms with Crippen molar-refractivity contribution in [3.8, 4) is 0 Å². The molecular formula is C6H6N4. The minimum atomic E-state index is -0.162. The van der Waals surface area contributed by atoms with Crippen LogP contribution in [0.4, 0.5) is 0 Å². The highest BCUT2D eigenvalue weighted by molar-refractivity contribution is 6.20. The van der Waals surface area contributed by atoms with E-state index in [2.05, 4.69) is 15.3 Å². The first-order valence-corrected chi connectivity index (χ1v) is 2.99. The molecule has 1 unspecified atom stereocenters. The molecular weight excluding hydrogens is 128 g/mol. The van der Waals surface area contributed by atoms with Gasteiger partial charge in [-0.25, -0.2) is 4.99 Å². The van der Waals surface area contributed by atoms with E-state index in [1.807, 2.05) is 0 Å². The Hall–Kier alpha value is -1.45. The lowest BCUT2D eigenvalue weighted by atomic mass is 10.1. The molecule has 0 radical (unpaired) electrons. The van der Waals surface area contributed by atoms with Crippen LogP contribution in [0.5, 0.6) is 0 Å². The molecule has 2 heterocycles. The second-order valence-electron chi connectivity index (χ2n) is 2.11. The van der Waals surface area contributed by atoms with Crippen LogP contribution in [0.3, 0.4) is 0 Å². The van der Waals surface area contributed by atoms with Crippen molar-refractivity contribution in [2.75, 3.05) is 0 Å². The average molecular weight is 134 g/mol. The van der Waals surface area contributed by atoms with Gasteiger partial charge in [-0.3, -0.25) is 4.99 Å². The summed E-state index contributed by atoms with van der Waals surface area (Å²) in [7, 11) is 0. The Bertz CT molecular complexity index is 261. The molecule has 4 nitrogen and oxygen atoms in total. The summed E-state index contributed by atoms with van der Waals surface area (Å²) in [4.78, 5) is 8.00. The van der Waals surface area contributed by atoms with Crippen molar-refractivity contribution < 1.29 is 0 Å². The van der Waals surface area contributed by atoms with E-state index >= 15 is 0 Å². The molecule has 10 heavy (non-hydrogen) atoms. The molecule has 2 N–H and O–H groups in total. The van der Waals surface area contributed by atoms with Crippen molar-refractivity contribution in [1.82, 2.24) is 5.32 Å². The minimum Gasteiger partial charge on any atom is -0.333 e. The molecule has 0 amide bonds. The highest BCUT2D eigenvalue weighted by Crippen LogP contribution is 2.06. The van der Waals surface area contributed by atoms with Gasteiger partial charge in [-0.05, 0) is 6.08 Å². The number of amidine groups is 1. The third-order valence-electron chi connectivity index (χ3n) is 1.46. The molecule has 0 aromatic heterocycles. The van der Waals surface area contributed by atoms with Gasteiger partial charge in [0.15, 0.2) is 6.04 Å². The smallest absolute Gasteiger partial charge is 0.150 e. The second-order valence-corrected chi connectivity index (χ2v) is 2.11. The Balaban J connectivity index is 2.40. The lowest BCUT2D eigenvalue weighted by Crippen LogP contribution is -2.32. The van der Waals surface area contributed by atoms with Gasteiger partial charge in [-0.2, -0.15) is 0 Å². The van der Waals surface area contributed by atoms with Crippen LogP contribution >= 0.6 is 0 Å². The van der Waals surface area contributed by atoms with E-state index in [4.69, 9.17) is 5.41 Å². The second kappa shape index (κ2) is 1.76. The number of nitrogens with zero attached hydrogens (tertiary/aromatic N) is 2. The van der Waals surface area contributed by atoms with Gasteiger partial charge in [-0.15, -0.1) is 0 Å². The van der Waals surface area contributed by atoms with Crippen LogP contribution in [-0.2, 0) is 0 Å². The van der Waals surface area contributed by atoms with Crippen molar-refractivity contribution in [2.24, 2.45) is 9.98 Å². The first-order chi connectivity index (χ1) is 4.88. The van der Waals surface area contributed by atoms with Crippen molar-refractivity contribution in [1.29, 1.82) is 5.41 Å². The summed E-state index contributed by atoms with van der Waals surface area (Å²) in [6.45, 7) is 0. The summed E-state index contributed by atoms with van der Waals surface area (Å²) in [5, 5.41) is 10.3. The number of fused-ring (bicyclic) bond motifs is 1. The summed E-state index contributed by atoms with van der Waals surface area (Å²) < 4.78 is 0. The molecule has 2 aliphatic rings. The zero-order valence-electron chi connectivity index (χ0n) is 5.20. The summed E-state index contributed by atoms with van der Waals surface area (Å²) in [6.07, 6.45) is 4.83. The molecule has 0 saturated carbocycles. The Morgan fingerprint density at radius 1 is 1.60 bits per heavy atom. The van der Waals surface area contributed by atoms with Gasteiger partial charge >= 0.3 is 0 Å². The maximum Gasteiger partial charge on any atom is 0.150 e. The van der Waals surface area contributed by atoms with Crippen molar-refractivity contribution in [3.63, 3.8) is 0 Å². The summed E-state index contributed by atoms with van der Waals surface area (Å²) in [5.74, 6) is 0.757. The lowest BCUT2D eigenvalue weighted by molar-refractivity contribution is 1.12. The molecule has 0 saturated heterocycles. The van der Waals surface area contributed by atoms with Crippen molar-refractivity contribution in [2.45, 2.75) is 6.04 Å². The van der Waals surface area contributed by atoms with E-state index in [0.29, 0.717) is 5.71 Å². The molecule has 0 bridgehead atoms. The van der Waals surface area contributed by atoms with Crippen LogP contribution < -0.4 is 5.32 Å². The van der Waals surface area contributed by atoms with Crippen LogP contribution in [-0.4, -0.2) is 23.9 Å². The number of hydrogen-bond acceptors (Lipinski definition) is 4. The van der Waals surface area contributed by atoms with Gasteiger partial charge in [0.25, 0.3) is 0 Å². The van der Waals surface area contributed by atoms with E-state index in [9.17, 15) is 0 Å². The van der Waals surface area contributed by atoms with Gasteiger partial charge in [0.2, 0.25) is 0 Å². The summed E-state index contributed by atoms with van der Waals surface area (Å²) in [6, 6.07) is -0.162. The van der Waals surface area contributed by atoms with Crippen LogP contribution in [0.1, 0.15) is 0 Å². The van der Waals surface area contributed by atoms with Crippen LogP contribution in [0.15, 0.2) is 22.3 Å². The molecule has 2 rings (SSSR count). The van der Waals surface area contributed by atoms with Crippen molar-refractivity contribution in [3.05, 3.63) is 12.3 Å². The Morgan fingerprint density at radius 3 is 3.30 bits per heavy atom. The minimum absolute atomic E-state index is 0.162. The molecule has 50 valence electrons. The Morgan fingerprint density at radius 2 is 2.50 bits per heavy atom. The molecule has 4 heteroatoms. The van der Waals surface area contributed by atoms with Crippen molar-refractivity contribution >= 4 is 17.9 Å². The monoisotopic (exact) mass is 134 g/mol. The average Bonchev–Trinajstić information content (AvgIpc) is 2.36. The third kappa shape index (κ3) is 0.586. The highest BCUT2D eigenvalue weighted by atomic mass is 15.1. The van der Waals surface area contributed by atoms with E-state index in [-0.39, 0.29) is 6.04 Å². The zero-order valence-corrected chi connectivity index (χ0v) is 5.20. The summed E-state index contributed by atoms with van der Waals surface area (Å²) in [5.41, 5.74) is 0.492. The van der Waals surface area contributed by atoms with Crippen LogP contribution in [0, 0.1) is 5.41 Å². The number of hydrogen-bond donors (Lipinski definition) is 2. The maximum atomic E-state index is 7.39. The van der Waals surface area contributed by atoms with E-state index in [1.165, 1.54) is 0 Å². The standard InChI is InChI=1S/C6H6N4/c7-4-1-2-8-6-5(4)9-3-10-6/h1-3,5,7H,(H,8,9,10). The normalized spacial score (nSPS) is 27.8. The van der Waals surface area contributed by atoms with Gasteiger partial charge in [0, 0.05) is 6.20 Å². The molecule has 0 fully saturated rings. The molecule has 0 spiro atoms. The molecule has 0 aromatic carbocycles. The third-order valence-corrected chi connectivity index (χ3v) is 1.46. The van der Waals surface area contributed by atoms with Gasteiger partial charge in [-0.1, -0.05) is 0 Å². The zero-order chi connectivity index (χ0) is 6.97. The molecule has 1 atom stereocenters. The molecule has 2 aliphatic heterocycles. The fraction of sp³-hybridized carbons (Fsp3) is 0.167. The predicted octanol–water partition coefficient (Wildman–Crippen LogP) is -0.0679. The fourth-order valence-corrected chi connectivity index (χ4v) is 0.952. The lowest BCUT2D eigenvalue weighted by Gasteiger charge is -2.09. The van der Waals surface area contributed by atoms with Gasteiger partial charge in [0.1, 0.15) is 5.84 Å². The van der Waals surface area contributed by atoms with Gasteiger partial charge in [0.05, 0.1) is 12.1 Å². The van der Waals surface area contributed by atoms with E-state index in [1.54, 1.807) is 18.6 Å². The van der Waals surface area contributed by atoms with Crippen LogP contribution in [0.2, 0.25) is 0 Å². The predicted molar refractivity (Wildman–Crippen MR) is 39.7 cm³/mol. The Kier molecular flexibility index (Phi) is 0.943. The fourth-order valence-electron chi connectivity index (χ4n) is 0.952. The number of rotatable bonds is 0. The quantitative estimate of drug-likeness (QED) is 0.478. The van der Waals surface area contributed by atoms with E-state index < -0.39 is 0 Å². The number of nitrogens with one attached hydrogen (secondary N) is 2. The molecule has 0 aliphatic carbocycles. The maximum absolute atomic E-state index is 7.39. The topological polar surface area (TPSA) is 60.6 Å². The molecule has 0 aromatic rings. The SMILES string of the molecule is N=C1C=CN=C2NC=NC12. The van der Waals surface area contributed by atoms with E-state index in [0.717, 1.165) is 5.84 Å².